The summed E-state index contributed by atoms with van der Waals surface area (Å²) in [5.41, 5.74) is 4.56. The second-order valence-electron chi connectivity index (χ2n) is 13.5. The van der Waals surface area contributed by atoms with E-state index in [1.165, 1.54) is 26.4 Å². The van der Waals surface area contributed by atoms with Gasteiger partial charge >= 0.3 is 11.9 Å². The first kappa shape index (κ1) is 43.3. The van der Waals surface area contributed by atoms with Gasteiger partial charge in [0.25, 0.3) is 0 Å². The van der Waals surface area contributed by atoms with Gasteiger partial charge in [-0.3, -0.25) is 0 Å². The number of phenols is 2. The Hall–Kier alpha value is -5.40. The topological polar surface area (TPSA) is 154 Å². The van der Waals surface area contributed by atoms with Crippen molar-refractivity contribution in [1.82, 2.24) is 10.6 Å². The summed E-state index contributed by atoms with van der Waals surface area (Å²) in [7, 11) is 6.30. The molecule has 0 radical (unpaired) electrons. The summed E-state index contributed by atoms with van der Waals surface area (Å²) in [5.74, 6) is 0.159. The molecule has 4 atom stereocenters. The molecule has 0 fully saturated rings. The van der Waals surface area contributed by atoms with Gasteiger partial charge in [-0.2, -0.15) is 0 Å². The van der Waals surface area contributed by atoms with Crippen LogP contribution in [0.5, 0.6) is 23.0 Å². The highest BCUT2D eigenvalue weighted by Gasteiger charge is 2.21. The van der Waals surface area contributed by atoms with E-state index in [1.54, 1.807) is 38.5 Å². The zero-order chi connectivity index (χ0) is 40.5. The van der Waals surface area contributed by atoms with Gasteiger partial charge in [-0.05, 0) is 97.5 Å². The van der Waals surface area contributed by atoms with Gasteiger partial charge in [0, 0.05) is 62.7 Å². The van der Waals surface area contributed by atoms with Crippen molar-refractivity contribution >= 4 is 11.9 Å². The number of carbonyl (C=O) groups is 2. The van der Waals surface area contributed by atoms with Crippen LogP contribution in [0.15, 0.2) is 97.1 Å². The standard InChI is InChI=1S/C44H54N2O10/c1-29(21-31-7-13-37(53-5)14-8-31)45-25-41(33-11-17-39(47)35(23-33)27-51-3)55-43(49)19-20-44(50)56-42(34-12-18-40(48)36(24-34)28-52-4)26-46-30(2)22-32-9-15-38(54-6)16-10-32/h7-20,23-24,29-30,41-42,45-48H,21-22,25-28H2,1-6H3/b20-19+. The maximum absolute atomic E-state index is 13.3. The first-order valence-corrected chi connectivity index (χ1v) is 18.4. The van der Waals surface area contributed by atoms with Crippen molar-refractivity contribution in [2.45, 2.75) is 64.2 Å². The van der Waals surface area contributed by atoms with E-state index in [9.17, 15) is 19.8 Å². The maximum Gasteiger partial charge on any atom is 0.331 e. The summed E-state index contributed by atoms with van der Waals surface area (Å²) >= 11 is 0. The number of hydrogen-bond donors (Lipinski definition) is 4. The average Bonchev–Trinajstić information content (AvgIpc) is 3.19. The molecule has 0 saturated carbocycles. The van der Waals surface area contributed by atoms with Crippen LogP contribution in [0.4, 0.5) is 0 Å². The van der Waals surface area contributed by atoms with Crippen LogP contribution in [0, 0.1) is 0 Å². The summed E-state index contributed by atoms with van der Waals surface area (Å²) in [6.45, 7) is 4.90. The van der Waals surface area contributed by atoms with E-state index in [0.29, 0.717) is 35.1 Å². The molecule has 0 aromatic heterocycles. The van der Waals surface area contributed by atoms with Crippen LogP contribution >= 0.6 is 0 Å². The Morgan fingerprint density at radius 3 is 1.30 bits per heavy atom. The van der Waals surface area contributed by atoms with E-state index >= 15 is 0 Å². The lowest BCUT2D eigenvalue weighted by atomic mass is 10.0. The minimum Gasteiger partial charge on any atom is -0.508 e. The van der Waals surface area contributed by atoms with Gasteiger partial charge in [0.15, 0.2) is 0 Å². The third-order valence-corrected chi connectivity index (χ3v) is 9.13. The van der Waals surface area contributed by atoms with Gasteiger partial charge in [-0.1, -0.05) is 36.4 Å². The molecule has 4 aromatic rings. The molecule has 56 heavy (non-hydrogen) atoms. The molecule has 0 bridgehead atoms. The number of phenolic OH excluding ortho intramolecular Hbond substituents is 2. The maximum atomic E-state index is 13.3. The third-order valence-electron chi connectivity index (χ3n) is 9.13. The van der Waals surface area contributed by atoms with Gasteiger partial charge < -0.3 is 49.3 Å². The van der Waals surface area contributed by atoms with Crippen LogP contribution in [-0.4, -0.2) is 75.8 Å². The van der Waals surface area contributed by atoms with E-state index in [1.807, 2.05) is 62.4 Å². The first-order chi connectivity index (χ1) is 27.0. The predicted molar refractivity (Wildman–Crippen MR) is 213 cm³/mol. The lowest BCUT2D eigenvalue weighted by molar-refractivity contribution is -0.146. The molecule has 4 unspecified atom stereocenters. The zero-order valence-corrected chi connectivity index (χ0v) is 33.0. The highest BCUT2D eigenvalue weighted by Crippen LogP contribution is 2.27. The van der Waals surface area contributed by atoms with Crippen molar-refractivity contribution in [3.8, 4) is 23.0 Å². The fourth-order valence-corrected chi connectivity index (χ4v) is 6.09. The normalized spacial score (nSPS) is 13.5. The van der Waals surface area contributed by atoms with E-state index in [-0.39, 0.29) is 49.9 Å². The van der Waals surface area contributed by atoms with Crippen LogP contribution in [0.25, 0.3) is 0 Å². The Morgan fingerprint density at radius 1 is 0.589 bits per heavy atom. The second kappa shape index (κ2) is 22.2. The van der Waals surface area contributed by atoms with Gasteiger partial charge in [0.2, 0.25) is 0 Å². The number of benzene rings is 4. The molecule has 0 amide bonds. The minimum absolute atomic E-state index is 0.0134. The van der Waals surface area contributed by atoms with Crippen molar-refractivity contribution in [3.05, 3.63) is 130 Å². The summed E-state index contributed by atoms with van der Waals surface area (Å²) in [4.78, 5) is 26.5. The van der Waals surface area contributed by atoms with Crippen molar-refractivity contribution in [2.75, 3.05) is 41.5 Å². The van der Waals surface area contributed by atoms with Crippen LogP contribution < -0.4 is 20.1 Å². The van der Waals surface area contributed by atoms with Crippen LogP contribution in [0.3, 0.4) is 0 Å². The number of esters is 2. The quantitative estimate of drug-likeness (QED) is 0.0526. The number of nitrogens with one attached hydrogen (secondary N) is 2. The van der Waals surface area contributed by atoms with Crippen LogP contribution in [-0.2, 0) is 54.6 Å². The van der Waals surface area contributed by atoms with E-state index in [0.717, 1.165) is 34.8 Å². The molecule has 300 valence electrons. The molecule has 0 aliphatic carbocycles. The molecule has 0 aliphatic rings. The highest BCUT2D eigenvalue weighted by molar-refractivity contribution is 5.91. The zero-order valence-electron chi connectivity index (χ0n) is 33.0. The lowest BCUT2D eigenvalue weighted by Gasteiger charge is -2.23. The van der Waals surface area contributed by atoms with Crippen LogP contribution in [0.2, 0.25) is 0 Å². The highest BCUT2D eigenvalue weighted by atomic mass is 16.6. The smallest absolute Gasteiger partial charge is 0.331 e. The second-order valence-corrected chi connectivity index (χ2v) is 13.5. The molecule has 12 heteroatoms. The van der Waals surface area contributed by atoms with Crippen molar-refractivity contribution < 1.29 is 48.2 Å². The monoisotopic (exact) mass is 770 g/mol. The average molecular weight is 771 g/mol. The summed E-state index contributed by atoms with van der Waals surface area (Å²) < 4.78 is 32.8. The minimum atomic E-state index is -0.766. The van der Waals surface area contributed by atoms with Gasteiger partial charge in [0.1, 0.15) is 35.2 Å². The third kappa shape index (κ3) is 13.7. The Labute approximate surface area is 329 Å². The fraction of sp³-hybridized carbons (Fsp3) is 0.364. The predicted octanol–water partition coefficient (Wildman–Crippen LogP) is 6.27. The van der Waals surface area contributed by atoms with Crippen molar-refractivity contribution in [2.24, 2.45) is 0 Å². The fourth-order valence-electron chi connectivity index (χ4n) is 6.09. The van der Waals surface area contributed by atoms with Gasteiger partial charge in [-0.25, -0.2) is 9.59 Å². The molecule has 0 saturated heterocycles. The van der Waals surface area contributed by atoms with Gasteiger partial charge in [0.05, 0.1) is 27.4 Å². The molecule has 4 aromatic carbocycles. The Kier molecular flexibility index (Phi) is 17.2. The number of ether oxygens (including phenoxy) is 6. The molecule has 0 aliphatic heterocycles. The molecular weight excluding hydrogens is 716 g/mol. The number of carbonyl (C=O) groups excluding carboxylic acids is 2. The van der Waals surface area contributed by atoms with Gasteiger partial charge in [-0.15, -0.1) is 0 Å². The summed E-state index contributed by atoms with van der Waals surface area (Å²) in [6.07, 6.45) is 1.97. The molecule has 4 rings (SSSR count). The molecule has 12 nitrogen and oxygen atoms in total. The summed E-state index contributed by atoms with van der Waals surface area (Å²) in [6, 6.07) is 25.5. The molecular formula is C44H54N2O10. The Morgan fingerprint density at radius 2 is 0.964 bits per heavy atom. The molecule has 0 spiro atoms. The number of hydrogen-bond acceptors (Lipinski definition) is 12. The summed E-state index contributed by atoms with van der Waals surface area (Å²) in [5, 5.41) is 27.6. The Bertz CT molecular complexity index is 1730. The number of aromatic hydroxyl groups is 2. The molecule has 4 N–H and O–H groups in total. The first-order valence-electron chi connectivity index (χ1n) is 18.4. The Balaban J connectivity index is 1.45. The van der Waals surface area contributed by atoms with E-state index < -0.39 is 24.1 Å². The van der Waals surface area contributed by atoms with Crippen molar-refractivity contribution in [1.29, 1.82) is 0 Å². The molecule has 0 heterocycles. The van der Waals surface area contributed by atoms with Crippen LogP contribution in [0.1, 0.15) is 59.4 Å². The largest absolute Gasteiger partial charge is 0.508 e. The van der Waals surface area contributed by atoms with Crippen molar-refractivity contribution in [3.63, 3.8) is 0 Å². The van der Waals surface area contributed by atoms with E-state index in [2.05, 4.69) is 10.6 Å². The van der Waals surface area contributed by atoms with E-state index in [4.69, 9.17) is 28.4 Å². The number of methoxy groups -OCH3 is 4. The SMILES string of the molecule is COCc1cc(C(CNC(C)Cc2ccc(OC)cc2)OC(=O)/C=C/C(=O)OC(CNC(C)Cc2ccc(OC)cc2)c2ccc(O)c(COC)c2)ccc1O. The number of rotatable bonds is 22. The lowest BCUT2D eigenvalue weighted by Crippen LogP contribution is -2.33.